The molecule has 0 heterocycles. The van der Waals surface area contributed by atoms with Crippen molar-refractivity contribution in [2.24, 2.45) is 17.6 Å². The molecular weight excluding hydrogens is 250 g/mol. The van der Waals surface area contributed by atoms with Crippen LogP contribution in [0.3, 0.4) is 0 Å². The van der Waals surface area contributed by atoms with E-state index in [4.69, 9.17) is 15.2 Å². The van der Waals surface area contributed by atoms with Crippen LogP contribution in [0.4, 0.5) is 0 Å². The molecule has 0 saturated heterocycles. The highest BCUT2D eigenvalue weighted by atomic mass is 16.5. The molecule has 3 nitrogen and oxygen atoms in total. The molecule has 1 aliphatic carbocycles. The maximum atomic E-state index is 6.10. The first-order chi connectivity index (χ1) is 9.62. The molecule has 2 unspecified atom stereocenters. The summed E-state index contributed by atoms with van der Waals surface area (Å²) in [6, 6.07) is 6.13. The second-order valence-corrected chi connectivity index (χ2v) is 6.20. The molecule has 1 fully saturated rings. The van der Waals surface area contributed by atoms with Crippen molar-refractivity contribution in [1.82, 2.24) is 0 Å². The standard InChI is InChI=1S/C17H27NO2/c1-12-6-13(2)8-16(7-12)20-11-14-4-5-17(19-3)15(9-14)10-18/h4-5,9,12-13,16H,6-8,10-11,18H2,1-3H3. The summed E-state index contributed by atoms with van der Waals surface area (Å²) in [5.74, 6) is 2.41. The highest BCUT2D eigenvalue weighted by molar-refractivity contribution is 5.36. The molecule has 0 bridgehead atoms. The van der Waals surface area contributed by atoms with E-state index in [-0.39, 0.29) is 0 Å². The van der Waals surface area contributed by atoms with Gasteiger partial charge in [0.25, 0.3) is 0 Å². The van der Waals surface area contributed by atoms with Crippen LogP contribution in [0.2, 0.25) is 0 Å². The van der Waals surface area contributed by atoms with Crippen molar-refractivity contribution in [2.45, 2.75) is 52.4 Å². The first kappa shape index (κ1) is 15.3. The number of rotatable bonds is 5. The van der Waals surface area contributed by atoms with E-state index >= 15 is 0 Å². The van der Waals surface area contributed by atoms with Gasteiger partial charge in [-0.05, 0) is 48.8 Å². The van der Waals surface area contributed by atoms with E-state index in [9.17, 15) is 0 Å². The molecule has 112 valence electrons. The van der Waals surface area contributed by atoms with E-state index in [0.29, 0.717) is 19.3 Å². The van der Waals surface area contributed by atoms with Crippen molar-refractivity contribution in [3.05, 3.63) is 29.3 Å². The zero-order chi connectivity index (χ0) is 14.5. The van der Waals surface area contributed by atoms with Gasteiger partial charge >= 0.3 is 0 Å². The third-order valence-electron chi connectivity index (χ3n) is 4.19. The molecule has 0 spiro atoms. The minimum atomic E-state index is 0.400. The average molecular weight is 277 g/mol. The highest BCUT2D eigenvalue weighted by Crippen LogP contribution is 2.31. The van der Waals surface area contributed by atoms with Crippen LogP contribution < -0.4 is 10.5 Å². The first-order valence-electron chi connectivity index (χ1n) is 7.59. The largest absolute Gasteiger partial charge is 0.496 e. The van der Waals surface area contributed by atoms with Gasteiger partial charge in [0.2, 0.25) is 0 Å². The summed E-state index contributed by atoms with van der Waals surface area (Å²) in [5.41, 5.74) is 7.97. The minimum Gasteiger partial charge on any atom is -0.496 e. The average Bonchev–Trinajstić information content (AvgIpc) is 2.43. The molecule has 20 heavy (non-hydrogen) atoms. The molecule has 1 aromatic rings. The molecule has 0 amide bonds. The summed E-state index contributed by atoms with van der Waals surface area (Å²) in [4.78, 5) is 0. The molecule has 2 atom stereocenters. The lowest BCUT2D eigenvalue weighted by Gasteiger charge is -2.31. The van der Waals surface area contributed by atoms with Gasteiger partial charge in [0.05, 0.1) is 19.8 Å². The van der Waals surface area contributed by atoms with Gasteiger partial charge in [-0.15, -0.1) is 0 Å². The maximum absolute atomic E-state index is 6.10. The topological polar surface area (TPSA) is 44.5 Å². The van der Waals surface area contributed by atoms with Crippen molar-refractivity contribution in [2.75, 3.05) is 7.11 Å². The van der Waals surface area contributed by atoms with E-state index < -0.39 is 0 Å². The fourth-order valence-corrected chi connectivity index (χ4v) is 3.30. The predicted octanol–water partition coefficient (Wildman–Crippen LogP) is 3.50. The molecular formula is C17H27NO2. The van der Waals surface area contributed by atoms with Crippen LogP contribution in [-0.4, -0.2) is 13.2 Å². The molecule has 1 aromatic carbocycles. The van der Waals surface area contributed by atoms with E-state index in [1.807, 2.05) is 6.07 Å². The number of methoxy groups -OCH3 is 1. The normalized spacial score (nSPS) is 26.5. The van der Waals surface area contributed by atoms with Crippen LogP contribution in [-0.2, 0) is 17.9 Å². The van der Waals surface area contributed by atoms with Crippen LogP contribution in [0, 0.1) is 11.8 Å². The Hall–Kier alpha value is -1.06. The van der Waals surface area contributed by atoms with Crippen LogP contribution in [0.15, 0.2) is 18.2 Å². The first-order valence-corrected chi connectivity index (χ1v) is 7.59. The van der Waals surface area contributed by atoms with Crippen molar-refractivity contribution in [3.63, 3.8) is 0 Å². The fourth-order valence-electron chi connectivity index (χ4n) is 3.30. The summed E-state index contributed by atoms with van der Waals surface area (Å²) in [6.45, 7) is 5.81. The summed E-state index contributed by atoms with van der Waals surface area (Å²) in [6.07, 6.45) is 4.10. The zero-order valence-corrected chi connectivity index (χ0v) is 12.9. The molecule has 0 aromatic heterocycles. The molecule has 1 saturated carbocycles. The third-order valence-corrected chi connectivity index (χ3v) is 4.19. The molecule has 1 aliphatic rings. The monoisotopic (exact) mass is 277 g/mol. The van der Waals surface area contributed by atoms with E-state index in [1.165, 1.54) is 24.8 Å². The predicted molar refractivity (Wildman–Crippen MR) is 81.6 cm³/mol. The Morgan fingerprint density at radius 3 is 2.45 bits per heavy atom. The SMILES string of the molecule is COc1ccc(COC2CC(C)CC(C)C2)cc1CN. The van der Waals surface area contributed by atoms with Gasteiger partial charge < -0.3 is 15.2 Å². The molecule has 2 rings (SSSR count). The van der Waals surface area contributed by atoms with Gasteiger partial charge in [-0.25, -0.2) is 0 Å². The second-order valence-electron chi connectivity index (χ2n) is 6.20. The Morgan fingerprint density at radius 2 is 1.85 bits per heavy atom. The number of hydrogen-bond donors (Lipinski definition) is 1. The van der Waals surface area contributed by atoms with Gasteiger partial charge in [-0.3, -0.25) is 0 Å². The Labute approximate surface area is 122 Å². The zero-order valence-electron chi connectivity index (χ0n) is 12.9. The Kier molecular flexibility index (Phi) is 5.44. The second kappa shape index (κ2) is 7.09. The Bertz CT molecular complexity index is 423. The number of ether oxygens (including phenoxy) is 2. The molecule has 0 aliphatic heterocycles. The summed E-state index contributed by atoms with van der Waals surface area (Å²) < 4.78 is 11.4. The maximum Gasteiger partial charge on any atom is 0.123 e. The lowest BCUT2D eigenvalue weighted by Crippen LogP contribution is -2.26. The number of nitrogens with two attached hydrogens (primary N) is 1. The molecule has 3 heteroatoms. The van der Waals surface area contributed by atoms with Crippen LogP contribution in [0.25, 0.3) is 0 Å². The van der Waals surface area contributed by atoms with Crippen molar-refractivity contribution in [3.8, 4) is 5.75 Å². The number of benzene rings is 1. The summed E-state index contributed by atoms with van der Waals surface area (Å²) in [5, 5.41) is 0. The molecule has 0 radical (unpaired) electrons. The smallest absolute Gasteiger partial charge is 0.123 e. The summed E-state index contributed by atoms with van der Waals surface area (Å²) >= 11 is 0. The van der Waals surface area contributed by atoms with Crippen molar-refractivity contribution in [1.29, 1.82) is 0 Å². The van der Waals surface area contributed by atoms with Crippen molar-refractivity contribution >= 4 is 0 Å². The lowest BCUT2D eigenvalue weighted by molar-refractivity contribution is -0.00918. The highest BCUT2D eigenvalue weighted by Gasteiger charge is 2.24. The van der Waals surface area contributed by atoms with Gasteiger partial charge in [-0.1, -0.05) is 19.9 Å². The van der Waals surface area contributed by atoms with Gasteiger partial charge in [0, 0.05) is 12.1 Å². The van der Waals surface area contributed by atoms with E-state index in [1.54, 1.807) is 7.11 Å². The van der Waals surface area contributed by atoms with Gasteiger partial charge in [0.1, 0.15) is 5.75 Å². The van der Waals surface area contributed by atoms with Crippen LogP contribution >= 0.6 is 0 Å². The van der Waals surface area contributed by atoms with E-state index in [0.717, 1.165) is 23.1 Å². The van der Waals surface area contributed by atoms with Crippen molar-refractivity contribution < 1.29 is 9.47 Å². The number of hydrogen-bond acceptors (Lipinski definition) is 3. The van der Waals surface area contributed by atoms with Crippen LogP contribution in [0.5, 0.6) is 5.75 Å². The van der Waals surface area contributed by atoms with Gasteiger partial charge in [-0.2, -0.15) is 0 Å². The van der Waals surface area contributed by atoms with E-state index in [2.05, 4.69) is 26.0 Å². The quantitative estimate of drug-likeness (QED) is 0.896. The Morgan fingerprint density at radius 1 is 1.15 bits per heavy atom. The van der Waals surface area contributed by atoms with Crippen LogP contribution in [0.1, 0.15) is 44.2 Å². The minimum absolute atomic E-state index is 0.400. The Balaban J connectivity index is 1.93. The fraction of sp³-hybridized carbons (Fsp3) is 0.647. The summed E-state index contributed by atoms with van der Waals surface area (Å²) in [7, 11) is 1.68. The van der Waals surface area contributed by atoms with Gasteiger partial charge in [0.15, 0.2) is 0 Å². The lowest BCUT2D eigenvalue weighted by atomic mass is 9.82. The third kappa shape index (κ3) is 3.97. The molecule has 2 N–H and O–H groups in total.